The first-order chi connectivity index (χ1) is 6.68. The zero-order valence-corrected chi connectivity index (χ0v) is 8.15. The molecular formula is C8H10N2O3S. The summed E-state index contributed by atoms with van der Waals surface area (Å²) in [6, 6.07) is 0. The van der Waals surface area contributed by atoms with Crippen molar-refractivity contribution in [3.63, 3.8) is 0 Å². The maximum atomic E-state index is 11.7. The van der Waals surface area contributed by atoms with E-state index in [0.29, 0.717) is 4.88 Å². The minimum absolute atomic E-state index is 0.178. The van der Waals surface area contributed by atoms with Gasteiger partial charge in [-0.2, -0.15) is 0 Å². The Bertz CT molecular complexity index is 317. The number of nitrogens with zero attached hydrogens (tertiary/aromatic N) is 2. The molecule has 1 aliphatic heterocycles. The summed E-state index contributed by atoms with van der Waals surface area (Å²) in [5.41, 5.74) is 1.58. The average molecular weight is 214 g/mol. The van der Waals surface area contributed by atoms with E-state index in [0.717, 1.165) is 0 Å². The number of hydrogen-bond acceptors (Lipinski definition) is 5. The van der Waals surface area contributed by atoms with Gasteiger partial charge in [-0.15, -0.1) is 11.3 Å². The predicted octanol–water partition coefficient (Wildman–Crippen LogP) is -0.679. The van der Waals surface area contributed by atoms with Crippen molar-refractivity contribution >= 4 is 17.2 Å². The van der Waals surface area contributed by atoms with Gasteiger partial charge in [0.1, 0.15) is 4.88 Å². The fraction of sp³-hybridized carbons (Fsp3) is 0.500. The lowest BCUT2D eigenvalue weighted by molar-refractivity contribution is 0.0572. The van der Waals surface area contributed by atoms with Crippen molar-refractivity contribution in [2.45, 2.75) is 12.2 Å². The number of thiazole rings is 1. The molecule has 0 spiro atoms. The van der Waals surface area contributed by atoms with Gasteiger partial charge in [0.15, 0.2) is 0 Å². The van der Waals surface area contributed by atoms with Gasteiger partial charge < -0.3 is 15.1 Å². The highest BCUT2D eigenvalue weighted by Gasteiger charge is 2.33. The zero-order chi connectivity index (χ0) is 10.1. The highest BCUT2D eigenvalue weighted by Crippen LogP contribution is 2.16. The van der Waals surface area contributed by atoms with Crippen molar-refractivity contribution < 1.29 is 15.0 Å². The Balaban J connectivity index is 2.07. The third-order valence-electron chi connectivity index (χ3n) is 2.19. The Kier molecular flexibility index (Phi) is 2.49. The van der Waals surface area contributed by atoms with Crippen LogP contribution in [0, 0.1) is 0 Å². The molecule has 14 heavy (non-hydrogen) atoms. The van der Waals surface area contributed by atoms with Crippen LogP contribution in [0.15, 0.2) is 11.7 Å². The summed E-state index contributed by atoms with van der Waals surface area (Å²) in [6.07, 6.45) is -0.164. The van der Waals surface area contributed by atoms with Crippen LogP contribution in [0.4, 0.5) is 0 Å². The van der Waals surface area contributed by atoms with Gasteiger partial charge in [-0.3, -0.25) is 9.78 Å². The van der Waals surface area contributed by atoms with Crippen molar-refractivity contribution in [1.29, 1.82) is 0 Å². The van der Waals surface area contributed by atoms with Crippen LogP contribution in [0.5, 0.6) is 0 Å². The van der Waals surface area contributed by atoms with Crippen LogP contribution < -0.4 is 0 Å². The number of aliphatic hydroxyl groups is 2. The van der Waals surface area contributed by atoms with Gasteiger partial charge in [-0.05, 0) is 0 Å². The van der Waals surface area contributed by atoms with Crippen LogP contribution in [-0.2, 0) is 0 Å². The van der Waals surface area contributed by atoms with Crippen LogP contribution in [0.1, 0.15) is 9.67 Å². The number of rotatable bonds is 1. The fourth-order valence-corrected chi connectivity index (χ4v) is 2.00. The van der Waals surface area contributed by atoms with E-state index in [1.165, 1.54) is 22.4 Å². The largest absolute Gasteiger partial charge is 0.388 e. The molecule has 1 fully saturated rings. The molecule has 1 aromatic heterocycles. The van der Waals surface area contributed by atoms with Gasteiger partial charge in [0.25, 0.3) is 5.91 Å². The molecule has 5 nitrogen and oxygen atoms in total. The molecule has 1 amide bonds. The SMILES string of the molecule is O=C(c1cncs1)N1C[C@@H](O)[C@@H](O)C1. The Labute approximate surface area is 84.6 Å². The summed E-state index contributed by atoms with van der Waals surface area (Å²) < 4.78 is 0. The second-order valence-corrected chi connectivity index (χ2v) is 4.10. The van der Waals surface area contributed by atoms with E-state index < -0.39 is 12.2 Å². The lowest BCUT2D eigenvalue weighted by Gasteiger charge is -2.13. The van der Waals surface area contributed by atoms with E-state index in [-0.39, 0.29) is 19.0 Å². The molecule has 0 aromatic carbocycles. The lowest BCUT2D eigenvalue weighted by atomic mass is 10.3. The number of aliphatic hydroxyl groups excluding tert-OH is 2. The Hall–Kier alpha value is -0.980. The molecule has 1 aromatic rings. The monoisotopic (exact) mass is 214 g/mol. The van der Waals surface area contributed by atoms with Gasteiger partial charge in [-0.25, -0.2) is 0 Å². The molecule has 1 aliphatic rings. The normalized spacial score (nSPS) is 26.9. The van der Waals surface area contributed by atoms with Gasteiger partial charge in [0.05, 0.1) is 23.9 Å². The van der Waals surface area contributed by atoms with Gasteiger partial charge >= 0.3 is 0 Å². The summed E-state index contributed by atoms with van der Waals surface area (Å²) in [5.74, 6) is -0.178. The van der Waals surface area contributed by atoms with E-state index in [2.05, 4.69) is 4.98 Å². The molecule has 0 bridgehead atoms. The van der Waals surface area contributed by atoms with Gasteiger partial charge in [0.2, 0.25) is 0 Å². The quantitative estimate of drug-likeness (QED) is 0.649. The topological polar surface area (TPSA) is 73.7 Å². The number of β-amino-alcohol motifs (C(OH)–C–C–N with tert-alkyl or cyclic N) is 2. The zero-order valence-electron chi connectivity index (χ0n) is 7.33. The smallest absolute Gasteiger partial charge is 0.265 e. The molecule has 2 heterocycles. The first kappa shape index (κ1) is 9.57. The van der Waals surface area contributed by atoms with E-state index in [4.69, 9.17) is 0 Å². The Morgan fingerprint density at radius 3 is 2.64 bits per heavy atom. The summed E-state index contributed by atoms with van der Waals surface area (Å²) >= 11 is 1.25. The Morgan fingerprint density at radius 1 is 1.50 bits per heavy atom. The Morgan fingerprint density at radius 2 is 2.14 bits per heavy atom. The number of amides is 1. The van der Waals surface area contributed by atoms with E-state index >= 15 is 0 Å². The fourth-order valence-electron chi connectivity index (χ4n) is 1.41. The maximum absolute atomic E-state index is 11.7. The first-order valence-corrected chi connectivity index (χ1v) is 5.10. The molecule has 0 unspecified atom stereocenters. The predicted molar refractivity (Wildman–Crippen MR) is 50.0 cm³/mol. The molecule has 2 atom stereocenters. The maximum Gasteiger partial charge on any atom is 0.265 e. The molecule has 76 valence electrons. The number of aromatic nitrogens is 1. The average Bonchev–Trinajstić information content (AvgIpc) is 2.76. The van der Waals surface area contributed by atoms with E-state index in [9.17, 15) is 15.0 Å². The molecule has 0 aliphatic carbocycles. The minimum atomic E-state index is -0.827. The molecule has 0 radical (unpaired) electrons. The van der Waals surface area contributed by atoms with E-state index in [1.54, 1.807) is 5.51 Å². The first-order valence-electron chi connectivity index (χ1n) is 4.22. The summed E-state index contributed by atoms with van der Waals surface area (Å²) in [4.78, 5) is 17.4. The number of carbonyl (C=O) groups is 1. The van der Waals surface area contributed by atoms with Crippen molar-refractivity contribution in [3.05, 3.63) is 16.6 Å². The summed E-state index contributed by atoms with van der Waals surface area (Å²) in [5, 5.41) is 18.5. The minimum Gasteiger partial charge on any atom is -0.388 e. The van der Waals surface area contributed by atoms with Crippen LogP contribution in [0.25, 0.3) is 0 Å². The highest BCUT2D eigenvalue weighted by atomic mass is 32.1. The third-order valence-corrected chi connectivity index (χ3v) is 2.95. The molecule has 2 N–H and O–H groups in total. The van der Waals surface area contributed by atoms with Crippen molar-refractivity contribution in [1.82, 2.24) is 9.88 Å². The van der Waals surface area contributed by atoms with Gasteiger partial charge in [0, 0.05) is 13.1 Å². The van der Waals surface area contributed by atoms with E-state index in [1.807, 2.05) is 0 Å². The van der Waals surface area contributed by atoms with Crippen molar-refractivity contribution in [2.75, 3.05) is 13.1 Å². The standard InChI is InChI=1S/C8H10N2O3S/c11-5-2-10(3-6(5)12)8(13)7-1-9-4-14-7/h1,4-6,11-12H,2-3H2/t5-,6+. The lowest BCUT2D eigenvalue weighted by Crippen LogP contribution is -2.29. The van der Waals surface area contributed by atoms with Crippen LogP contribution in [0.3, 0.4) is 0 Å². The second-order valence-electron chi connectivity index (χ2n) is 3.21. The number of hydrogen-bond donors (Lipinski definition) is 2. The summed E-state index contributed by atoms with van der Waals surface area (Å²) in [6.45, 7) is 0.385. The number of carbonyl (C=O) groups excluding carboxylic acids is 1. The third kappa shape index (κ3) is 1.63. The molecule has 6 heteroatoms. The molecule has 0 saturated carbocycles. The number of likely N-dealkylation sites (tertiary alicyclic amines) is 1. The van der Waals surface area contributed by atoms with Crippen LogP contribution in [-0.4, -0.2) is 51.3 Å². The van der Waals surface area contributed by atoms with Crippen LogP contribution in [0.2, 0.25) is 0 Å². The molecule has 2 rings (SSSR count). The van der Waals surface area contributed by atoms with Crippen molar-refractivity contribution in [2.24, 2.45) is 0 Å². The second kappa shape index (κ2) is 3.64. The highest BCUT2D eigenvalue weighted by molar-refractivity contribution is 7.11. The summed E-state index contributed by atoms with van der Waals surface area (Å²) in [7, 11) is 0. The van der Waals surface area contributed by atoms with Crippen LogP contribution >= 0.6 is 11.3 Å². The van der Waals surface area contributed by atoms with Gasteiger partial charge in [-0.1, -0.05) is 0 Å². The molecule has 1 saturated heterocycles. The molecular weight excluding hydrogens is 204 g/mol. The van der Waals surface area contributed by atoms with Crippen molar-refractivity contribution in [3.8, 4) is 0 Å².